The van der Waals surface area contributed by atoms with E-state index in [0.29, 0.717) is 15.7 Å². The first-order valence-corrected chi connectivity index (χ1v) is 4.77. The van der Waals surface area contributed by atoms with E-state index < -0.39 is 11.8 Å². The number of hydrogen-bond acceptors (Lipinski definition) is 2. The van der Waals surface area contributed by atoms with Gasteiger partial charge in [-0.1, -0.05) is 23.2 Å². The summed E-state index contributed by atoms with van der Waals surface area (Å²) in [5, 5.41) is 3.25. The van der Waals surface area contributed by atoms with E-state index in [9.17, 15) is 9.59 Å². The molecule has 0 aromatic heterocycles. The second-order valence-corrected chi connectivity index (χ2v) is 3.72. The second kappa shape index (κ2) is 5.00. The number of carbonyl (C=O) groups excluding carboxylic acids is 2. The smallest absolute Gasteiger partial charge is 0.233 e. The highest BCUT2D eigenvalue weighted by Crippen LogP contribution is 2.22. The minimum atomic E-state index is -0.694. The zero-order valence-electron chi connectivity index (χ0n) is 7.59. The van der Waals surface area contributed by atoms with Crippen molar-refractivity contribution in [3.05, 3.63) is 28.2 Å². The van der Waals surface area contributed by atoms with Crippen LogP contribution in [-0.4, -0.2) is 11.8 Å². The minimum absolute atomic E-state index is 0.371. The van der Waals surface area contributed by atoms with Crippen molar-refractivity contribution < 1.29 is 9.59 Å². The minimum Gasteiger partial charge on any atom is -0.369 e. The van der Waals surface area contributed by atoms with Gasteiger partial charge in [0.1, 0.15) is 6.42 Å². The van der Waals surface area contributed by atoms with Gasteiger partial charge in [-0.05, 0) is 18.2 Å². The first kappa shape index (κ1) is 11.8. The number of anilines is 1. The van der Waals surface area contributed by atoms with Crippen molar-refractivity contribution in [1.29, 1.82) is 0 Å². The van der Waals surface area contributed by atoms with Gasteiger partial charge in [0.25, 0.3) is 0 Å². The summed E-state index contributed by atoms with van der Waals surface area (Å²) in [5.41, 5.74) is 5.28. The summed E-state index contributed by atoms with van der Waals surface area (Å²) in [6, 6.07) is 4.57. The molecule has 0 radical (unpaired) electrons. The van der Waals surface area contributed by atoms with Gasteiger partial charge < -0.3 is 11.1 Å². The maximum atomic E-state index is 11.1. The van der Waals surface area contributed by atoms with Gasteiger partial charge in [0.15, 0.2) is 0 Å². The Hall–Kier alpha value is -1.26. The lowest BCUT2D eigenvalue weighted by Crippen LogP contribution is -2.21. The molecule has 0 unspecified atom stereocenters. The average molecular weight is 247 g/mol. The molecule has 0 bridgehead atoms. The summed E-state index contributed by atoms with van der Waals surface area (Å²) in [5.74, 6) is -1.19. The number of benzene rings is 1. The van der Waals surface area contributed by atoms with Crippen molar-refractivity contribution in [1.82, 2.24) is 0 Å². The molecule has 15 heavy (non-hydrogen) atoms. The third-order valence-electron chi connectivity index (χ3n) is 1.48. The molecule has 0 aliphatic rings. The maximum Gasteiger partial charge on any atom is 0.233 e. The molecule has 0 saturated carbocycles. The molecule has 0 spiro atoms. The maximum absolute atomic E-state index is 11.1. The van der Waals surface area contributed by atoms with E-state index in [1.165, 1.54) is 18.2 Å². The summed E-state index contributed by atoms with van der Waals surface area (Å²) in [6.07, 6.45) is -0.371. The van der Waals surface area contributed by atoms with Gasteiger partial charge in [0.2, 0.25) is 11.8 Å². The van der Waals surface area contributed by atoms with Gasteiger partial charge in [-0.3, -0.25) is 9.59 Å². The summed E-state index contributed by atoms with van der Waals surface area (Å²) in [7, 11) is 0. The van der Waals surface area contributed by atoms with Crippen LogP contribution in [0.2, 0.25) is 10.0 Å². The van der Waals surface area contributed by atoms with Crippen LogP contribution in [0.3, 0.4) is 0 Å². The fourth-order valence-electron chi connectivity index (χ4n) is 0.989. The van der Waals surface area contributed by atoms with Gasteiger partial charge >= 0.3 is 0 Å². The van der Waals surface area contributed by atoms with E-state index in [0.717, 1.165) is 0 Å². The van der Waals surface area contributed by atoms with Crippen LogP contribution in [0.15, 0.2) is 18.2 Å². The molecule has 80 valence electrons. The van der Waals surface area contributed by atoms with E-state index in [1.54, 1.807) is 0 Å². The van der Waals surface area contributed by atoms with E-state index in [-0.39, 0.29) is 6.42 Å². The molecule has 2 amide bonds. The topological polar surface area (TPSA) is 72.2 Å². The molecule has 3 N–H and O–H groups in total. The summed E-state index contributed by atoms with van der Waals surface area (Å²) in [4.78, 5) is 21.6. The van der Waals surface area contributed by atoms with Gasteiger partial charge in [-0.15, -0.1) is 0 Å². The molecule has 0 fully saturated rings. The number of primary amides is 1. The van der Waals surface area contributed by atoms with Crippen molar-refractivity contribution in [3.63, 3.8) is 0 Å². The monoisotopic (exact) mass is 246 g/mol. The number of nitrogens with one attached hydrogen (secondary N) is 1. The Balaban J connectivity index is 2.72. The fourth-order valence-corrected chi connectivity index (χ4v) is 1.52. The number of carbonyl (C=O) groups is 2. The lowest BCUT2D eigenvalue weighted by atomic mass is 10.3. The largest absolute Gasteiger partial charge is 0.369 e. The van der Waals surface area contributed by atoms with Crippen LogP contribution < -0.4 is 11.1 Å². The van der Waals surface area contributed by atoms with Crippen LogP contribution in [0.25, 0.3) is 0 Å². The molecule has 0 atom stereocenters. The third-order valence-corrected chi connectivity index (χ3v) is 1.92. The number of nitrogens with two attached hydrogens (primary N) is 1. The van der Waals surface area contributed by atoms with Crippen LogP contribution in [0.1, 0.15) is 6.42 Å². The van der Waals surface area contributed by atoms with Crippen LogP contribution in [0, 0.1) is 0 Å². The molecular weight excluding hydrogens is 239 g/mol. The van der Waals surface area contributed by atoms with E-state index in [2.05, 4.69) is 5.32 Å². The van der Waals surface area contributed by atoms with Gasteiger partial charge in [0, 0.05) is 15.7 Å². The van der Waals surface area contributed by atoms with Gasteiger partial charge in [-0.25, -0.2) is 0 Å². The quantitative estimate of drug-likeness (QED) is 0.799. The van der Waals surface area contributed by atoms with Crippen LogP contribution >= 0.6 is 23.2 Å². The Bertz CT molecular complexity index is 387. The highest BCUT2D eigenvalue weighted by atomic mass is 35.5. The van der Waals surface area contributed by atoms with Gasteiger partial charge in [0.05, 0.1) is 0 Å². The molecule has 0 aliphatic carbocycles. The van der Waals surface area contributed by atoms with Crippen LogP contribution in [-0.2, 0) is 9.59 Å². The Morgan fingerprint density at radius 2 is 1.73 bits per heavy atom. The van der Waals surface area contributed by atoms with Crippen molar-refractivity contribution in [3.8, 4) is 0 Å². The first-order valence-electron chi connectivity index (χ1n) is 4.01. The highest BCUT2D eigenvalue weighted by Gasteiger charge is 2.06. The number of amides is 2. The lowest BCUT2D eigenvalue weighted by Gasteiger charge is -2.04. The SMILES string of the molecule is NC(=O)CC(=O)Nc1cc(Cl)cc(Cl)c1. The Morgan fingerprint density at radius 1 is 1.20 bits per heavy atom. The Kier molecular flexibility index (Phi) is 3.94. The lowest BCUT2D eigenvalue weighted by molar-refractivity contribution is -0.124. The van der Waals surface area contributed by atoms with Crippen molar-refractivity contribution in [2.75, 3.05) is 5.32 Å². The molecule has 1 aromatic rings. The molecule has 0 heterocycles. The molecule has 4 nitrogen and oxygen atoms in total. The summed E-state index contributed by atoms with van der Waals surface area (Å²) < 4.78 is 0. The van der Waals surface area contributed by atoms with Crippen molar-refractivity contribution in [2.45, 2.75) is 6.42 Å². The Morgan fingerprint density at radius 3 is 2.20 bits per heavy atom. The molecule has 1 aromatic carbocycles. The zero-order valence-corrected chi connectivity index (χ0v) is 9.10. The summed E-state index contributed by atoms with van der Waals surface area (Å²) in [6.45, 7) is 0. The Labute approximate surface area is 96.3 Å². The van der Waals surface area contributed by atoms with E-state index in [1.807, 2.05) is 0 Å². The standard InChI is InChI=1S/C9H8Cl2N2O2/c10-5-1-6(11)3-7(2-5)13-9(15)4-8(12)14/h1-3H,4H2,(H2,12,14)(H,13,15). The molecule has 0 aliphatic heterocycles. The van der Waals surface area contributed by atoms with Crippen LogP contribution in [0.5, 0.6) is 0 Å². The average Bonchev–Trinajstić information content (AvgIpc) is 1.98. The zero-order chi connectivity index (χ0) is 11.4. The van der Waals surface area contributed by atoms with E-state index >= 15 is 0 Å². The normalized spacial score (nSPS) is 9.73. The predicted molar refractivity (Wildman–Crippen MR) is 58.9 cm³/mol. The molecule has 6 heteroatoms. The second-order valence-electron chi connectivity index (χ2n) is 2.85. The molecule has 1 rings (SSSR count). The predicted octanol–water partition coefficient (Wildman–Crippen LogP) is 1.81. The van der Waals surface area contributed by atoms with E-state index in [4.69, 9.17) is 28.9 Å². The highest BCUT2D eigenvalue weighted by molar-refractivity contribution is 6.35. The first-order chi connectivity index (χ1) is 6.97. The van der Waals surface area contributed by atoms with Crippen molar-refractivity contribution in [2.24, 2.45) is 5.73 Å². The number of rotatable bonds is 3. The summed E-state index contributed by atoms with van der Waals surface area (Å²) >= 11 is 11.4. The third kappa shape index (κ3) is 4.18. The van der Waals surface area contributed by atoms with Crippen molar-refractivity contribution >= 4 is 40.7 Å². The molecule has 0 saturated heterocycles. The van der Waals surface area contributed by atoms with Gasteiger partial charge in [-0.2, -0.15) is 0 Å². The number of halogens is 2. The number of hydrogen-bond donors (Lipinski definition) is 2. The fraction of sp³-hybridized carbons (Fsp3) is 0.111. The van der Waals surface area contributed by atoms with Crippen LogP contribution in [0.4, 0.5) is 5.69 Å². The molecular formula is C9H8Cl2N2O2.